The third-order valence-corrected chi connectivity index (χ3v) is 3.65. The molecule has 24 heavy (non-hydrogen) atoms. The van der Waals surface area contributed by atoms with Gasteiger partial charge in [0.15, 0.2) is 11.5 Å². The Balaban J connectivity index is 2.24. The highest BCUT2D eigenvalue weighted by Crippen LogP contribution is 2.26. The summed E-state index contributed by atoms with van der Waals surface area (Å²) in [5.74, 6) is 0.673. The maximum absolute atomic E-state index is 12.4. The molecule has 0 aliphatic carbocycles. The van der Waals surface area contributed by atoms with Crippen molar-refractivity contribution in [2.75, 3.05) is 13.7 Å². The fourth-order valence-electron chi connectivity index (χ4n) is 2.50. The number of benzene rings is 2. The average molecular weight is 322 g/mol. The van der Waals surface area contributed by atoms with Crippen molar-refractivity contribution in [3.05, 3.63) is 53.7 Å². The molecule has 3 aromatic rings. The molecule has 0 aliphatic heterocycles. The number of rotatable bonds is 4. The quantitative estimate of drug-likeness (QED) is 0.684. The van der Waals surface area contributed by atoms with Crippen LogP contribution in [0.2, 0.25) is 0 Å². The van der Waals surface area contributed by atoms with E-state index >= 15 is 0 Å². The molecule has 1 heterocycles. The van der Waals surface area contributed by atoms with E-state index in [2.05, 4.69) is 9.97 Å². The van der Waals surface area contributed by atoms with Gasteiger partial charge in [0.05, 0.1) is 19.2 Å². The Labute approximate surface area is 140 Å². The Bertz CT molecular complexity index is 906. The lowest BCUT2D eigenvalue weighted by molar-refractivity contribution is 0.0522. The van der Waals surface area contributed by atoms with Crippen molar-refractivity contribution in [3.63, 3.8) is 0 Å². The van der Waals surface area contributed by atoms with Gasteiger partial charge in [0, 0.05) is 10.9 Å². The van der Waals surface area contributed by atoms with Gasteiger partial charge >= 0.3 is 5.97 Å². The Kier molecular flexibility index (Phi) is 4.42. The van der Waals surface area contributed by atoms with Gasteiger partial charge in [0.1, 0.15) is 5.75 Å². The second kappa shape index (κ2) is 6.66. The molecule has 0 amide bonds. The first-order valence-corrected chi connectivity index (χ1v) is 7.72. The molecule has 0 aliphatic rings. The van der Waals surface area contributed by atoms with E-state index in [1.165, 1.54) is 0 Å². The van der Waals surface area contributed by atoms with Crippen LogP contribution < -0.4 is 4.74 Å². The lowest BCUT2D eigenvalue weighted by atomic mass is 10.1. The Morgan fingerprint density at radius 1 is 1.12 bits per heavy atom. The van der Waals surface area contributed by atoms with Crippen LogP contribution in [0.1, 0.15) is 23.0 Å². The van der Waals surface area contributed by atoms with E-state index < -0.39 is 5.97 Å². The van der Waals surface area contributed by atoms with Gasteiger partial charge in [0.25, 0.3) is 0 Å². The molecule has 0 fully saturated rings. The van der Waals surface area contributed by atoms with Crippen LogP contribution >= 0.6 is 0 Å². The molecular formula is C19H18N2O3. The zero-order valence-electron chi connectivity index (χ0n) is 13.9. The van der Waals surface area contributed by atoms with Crippen LogP contribution in [0.15, 0.2) is 42.5 Å². The van der Waals surface area contributed by atoms with Gasteiger partial charge in [-0.2, -0.15) is 0 Å². The number of hydrogen-bond donors (Lipinski definition) is 0. The minimum atomic E-state index is -0.466. The van der Waals surface area contributed by atoms with E-state index in [-0.39, 0.29) is 12.3 Å². The second-order valence-electron chi connectivity index (χ2n) is 5.37. The Morgan fingerprint density at radius 2 is 1.96 bits per heavy atom. The summed E-state index contributed by atoms with van der Waals surface area (Å²) in [6.45, 7) is 4.05. The largest absolute Gasteiger partial charge is 0.497 e. The maximum atomic E-state index is 12.4. The average Bonchev–Trinajstić information content (AvgIpc) is 2.60. The minimum absolute atomic E-state index is 0.247. The second-order valence-corrected chi connectivity index (χ2v) is 5.37. The fourth-order valence-corrected chi connectivity index (χ4v) is 2.50. The number of nitrogens with zero attached hydrogens (tertiary/aromatic N) is 2. The van der Waals surface area contributed by atoms with Crippen LogP contribution in [0.3, 0.4) is 0 Å². The standard InChI is InChI=1S/C19H18N2O3/c1-4-24-19(22)17-15-11-14(23-3)8-9-16(15)20-18(21-17)13-7-5-6-12(2)10-13/h5-11H,4H2,1-3H3. The monoisotopic (exact) mass is 322 g/mol. The summed E-state index contributed by atoms with van der Waals surface area (Å²) < 4.78 is 10.4. The number of carbonyl (C=O) groups excluding carboxylic acids is 1. The molecule has 0 unspecified atom stereocenters. The summed E-state index contributed by atoms with van der Waals surface area (Å²) in [7, 11) is 1.58. The lowest BCUT2D eigenvalue weighted by Gasteiger charge is -2.10. The van der Waals surface area contributed by atoms with Crippen molar-refractivity contribution in [3.8, 4) is 17.1 Å². The van der Waals surface area contributed by atoms with E-state index in [9.17, 15) is 4.79 Å². The molecule has 0 N–H and O–H groups in total. The molecule has 0 bridgehead atoms. The van der Waals surface area contributed by atoms with Crippen LogP contribution in [-0.4, -0.2) is 29.7 Å². The van der Waals surface area contributed by atoms with Crippen LogP contribution in [0.5, 0.6) is 5.75 Å². The number of hydrogen-bond acceptors (Lipinski definition) is 5. The van der Waals surface area contributed by atoms with Gasteiger partial charge in [-0.25, -0.2) is 14.8 Å². The van der Waals surface area contributed by atoms with Gasteiger partial charge in [-0.15, -0.1) is 0 Å². The number of carbonyl (C=O) groups is 1. The van der Waals surface area contributed by atoms with E-state index in [4.69, 9.17) is 9.47 Å². The van der Waals surface area contributed by atoms with Gasteiger partial charge in [-0.1, -0.05) is 23.8 Å². The van der Waals surface area contributed by atoms with Crippen molar-refractivity contribution < 1.29 is 14.3 Å². The molecule has 0 saturated carbocycles. The first-order chi connectivity index (χ1) is 11.6. The molecule has 2 aromatic carbocycles. The molecule has 0 saturated heterocycles. The molecule has 0 atom stereocenters. The van der Waals surface area contributed by atoms with Crippen LogP contribution in [0, 0.1) is 6.92 Å². The highest BCUT2D eigenvalue weighted by molar-refractivity contribution is 6.02. The zero-order chi connectivity index (χ0) is 17.1. The summed E-state index contributed by atoms with van der Waals surface area (Å²) in [5.41, 5.74) is 2.88. The third kappa shape index (κ3) is 3.06. The number of esters is 1. The SMILES string of the molecule is CCOC(=O)c1nc(-c2cccc(C)c2)nc2ccc(OC)cc12. The van der Waals surface area contributed by atoms with Gasteiger partial charge in [0.2, 0.25) is 0 Å². The summed E-state index contributed by atoms with van der Waals surface area (Å²) in [6.07, 6.45) is 0. The molecule has 5 heteroatoms. The van der Waals surface area contributed by atoms with Gasteiger partial charge in [-0.05, 0) is 38.1 Å². The Hall–Kier alpha value is -2.95. The van der Waals surface area contributed by atoms with Crippen molar-refractivity contribution in [1.29, 1.82) is 0 Å². The number of ether oxygens (including phenoxy) is 2. The van der Waals surface area contributed by atoms with E-state index in [1.54, 1.807) is 20.1 Å². The summed E-state index contributed by atoms with van der Waals surface area (Å²) in [6, 6.07) is 13.2. The Morgan fingerprint density at radius 3 is 2.67 bits per heavy atom. The molecule has 122 valence electrons. The van der Waals surface area contributed by atoms with E-state index in [1.807, 2.05) is 43.3 Å². The molecule has 3 rings (SSSR count). The van der Waals surface area contributed by atoms with Crippen LogP contribution in [0.25, 0.3) is 22.3 Å². The zero-order valence-corrected chi connectivity index (χ0v) is 13.9. The number of methoxy groups -OCH3 is 1. The summed E-state index contributed by atoms with van der Waals surface area (Å²) in [4.78, 5) is 21.4. The van der Waals surface area contributed by atoms with Crippen molar-refractivity contribution in [2.24, 2.45) is 0 Å². The smallest absolute Gasteiger partial charge is 0.357 e. The first kappa shape index (κ1) is 15.9. The van der Waals surface area contributed by atoms with E-state index in [0.717, 1.165) is 11.1 Å². The number of fused-ring (bicyclic) bond motifs is 1. The molecular weight excluding hydrogens is 304 g/mol. The predicted octanol–water partition coefficient (Wildman–Crippen LogP) is 3.79. The first-order valence-electron chi connectivity index (χ1n) is 7.72. The molecule has 1 aromatic heterocycles. The summed E-state index contributed by atoms with van der Waals surface area (Å²) in [5, 5.41) is 0.615. The van der Waals surface area contributed by atoms with E-state index in [0.29, 0.717) is 22.5 Å². The highest BCUT2D eigenvalue weighted by Gasteiger charge is 2.17. The number of aromatic nitrogens is 2. The van der Waals surface area contributed by atoms with Crippen LogP contribution in [0.4, 0.5) is 0 Å². The predicted molar refractivity (Wildman–Crippen MR) is 92.2 cm³/mol. The minimum Gasteiger partial charge on any atom is -0.497 e. The summed E-state index contributed by atoms with van der Waals surface area (Å²) >= 11 is 0. The van der Waals surface area contributed by atoms with Gasteiger partial charge < -0.3 is 9.47 Å². The molecule has 0 spiro atoms. The van der Waals surface area contributed by atoms with Crippen molar-refractivity contribution in [2.45, 2.75) is 13.8 Å². The topological polar surface area (TPSA) is 61.3 Å². The fraction of sp³-hybridized carbons (Fsp3) is 0.211. The van der Waals surface area contributed by atoms with Crippen LogP contribution in [-0.2, 0) is 4.74 Å². The van der Waals surface area contributed by atoms with Gasteiger partial charge in [-0.3, -0.25) is 0 Å². The third-order valence-electron chi connectivity index (χ3n) is 3.65. The molecule has 5 nitrogen and oxygen atoms in total. The highest BCUT2D eigenvalue weighted by atomic mass is 16.5. The lowest BCUT2D eigenvalue weighted by Crippen LogP contribution is -2.10. The van der Waals surface area contributed by atoms with Crippen molar-refractivity contribution in [1.82, 2.24) is 9.97 Å². The number of aryl methyl sites for hydroxylation is 1. The van der Waals surface area contributed by atoms with Crippen molar-refractivity contribution >= 4 is 16.9 Å². The normalized spacial score (nSPS) is 10.6. The molecule has 0 radical (unpaired) electrons. The maximum Gasteiger partial charge on any atom is 0.357 e.